The van der Waals surface area contributed by atoms with Gasteiger partial charge in [-0.1, -0.05) is 6.92 Å². The lowest BCUT2D eigenvalue weighted by Gasteiger charge is -2.29. The second-order valence-electron chi connectivity index (χ2n) is 5.58. The third-order valence-electron chi connectivity index (χ3n) is 3.63. The highest BCUT2D eigenvalue weighted by molar-refractivity contribution is 5.88. The Labute approximate surface area is 126 Å². The Bertz CT molecular complexity index is 459. The van der Waals surface area contributed by atoms with Gasteiger partial charge in [0.2, 0.25) is 0 Å². The minimum Gasteiger partial charge on any atom is -0.376 e. The van der Waals surface area contributed by atoms with Crippen molar-refractivity contribution in [1.82, 2.24) is 9.88 Å². The predicted octanol–water partition coefficient (Wildman–Crippen LogP) is 3.20. The third kappa shape index (κ3) is 5.01. The van der Waals surface area contributed by atoms with Gasteiger partial charge in [-0.15, -0.1) is 0 Å². The number of pyridine rings is 1. The standard InChI is InChI=1S/C16H25N3O2/c1-3-9-19(12-14-6-4-5-10-21-14)16(20)18-15-11-13(2)7-8-17-15/h7-8,11,14H,3-6,9-10,12H2,1-2H3,(H,17,18,20). The molecule has 1 fully saturated rings. The lowest BCUT2D eigenvalue weighted by atomic mass is 10.1. The molecule has 1 unspecified atom stereocenters. The number of hydrogen-bond acceptors (Lipinski definition) is 3. The molecule has 1 saturated heterocycles. The first kappa shape index (κ1) is 15.8. The number of anilines is 1. The summed E-state index contributed by atoms with van der Waals surface area (Å²) in [7, 11) is 0. The zero-order valence-corrected chi connectivity index (χ0v) is 13.0. The normalized spacial score (nSPS) is 18.3. The molecule has 5 nitrogen and oxygen atoms in total. The van der Waals surface area contributed by atoms with Crippen LogP contribution in [0, 0.1) is 6.92 Å². The van der Waals surface area contributed by atoms with Crippen LogP contribution in [0.5, 0.6) is 0 Å². The number of amides is 2. The second kappa shape index (κ2) is 7.98. The zero-order chi connectivity index (χ0) is 15.1. The topological polar surface area (TPSA) is 54.5 Å². The SMILES string of the molecule is CCCN(CC1CCCCO1)C(=O)Nc1cc(C)ccn1. The van der Waals surface area contributed by atoms with E-state index in [1.165, 1.54) is 6.42 Å². The summed E-state index contributed by atoms with van der Waals surface area (Å²) >= 11 is 0. The quantitative estimate of drug-likeness (QED) is 0.906. The van der Waals surface area contributed by atoms with E-state index in [9.17, 15) is 4.79 Å². The number of aromatic nitrogens is 1. The Balaban J connectivity index is 1.94. The average Bonchev–Trinajstić information content (AvgIpc) is 2.48. The van der Waals surface area contributed by atoms with E-state index >= 15 is 0 Å². The molecular formula is C16H25N3O2. The molecule has 1 aliphatic rings. The summed E-state index contributed by atoms with van der Waals surface area (Å²) < 4.78 is 5.74. The van der Waals surface area contributed by atoms with E-state index in [2.05, 4.69) is 17.2 Å². The first-order chi connectivity index (χ1) is 10.2. The van der Waals surface area contributed by atoms with Crippen molar-refractivity contribution < 1.29 is 9.53 Å². The van der Waals surface area contributed by atoms with E-state index in [1.54, 1.807) is 6.20 Å². The summed E-state index contributed by atoms with van der Waals surface area (Å²) in [5, 5.41) is 2.88. The highest BCUT2D eigenvalue weighted by atomic mass is 16.5. The average molecular weight is 291 g/mol. The van der Waals surface area contributed by atoms with Crippen molar-refractivity contribution in [3.8, 4) is 0 Å². The highest BCUT2D eigenvalue weighted by Gasteiger charge is 2.21. The number of hydrogen-bond donors (Lipinski definition) is 1. The van der Waals surface area contributed by atoms with Gasteiger partial charge in [0.05, 0.1) is 6.10 Å². The van der Waals surface area contributed by atoms with Crippen molar-refractivity contribution >= 4 is 11.8 Å². The van der Waals surface area contributed by atoms with Gasteiger partial charge in [0.15, 0.2) is 0 Å². The van der Waals surface area contributed by atoms with Crippen LogP contribution in [-0.2, 0) is 4.74 Å². The Kier molecular flexibility index (Phi) is 5.99. The molecule has 0 aliphatic carbocycles. The fraction of sp³-hybridized carbons (Fsp3) is 0.625. The Morgan fingerprint density at radius 2 is 2.38 bits per heavy atom. The van der Waals surface area contributed by atoms with Crippen molar-refractivity contribution in [2.24, 2.45) is 0 Å². The number of rotatable bonds is 5. The maximum Gasteiger partial charge on any atom is 0.323 e. The van der Waals surface area contributed by atoms with Crippen LogP contribution in [0.2, 0.25) is 0 Å². The van der Waals surface area contributed by atoms with Crippen molar-refractivity contribution in [3.63, 3.8) is 0 Å². The van der Waals surface area contributed by atoms with Crippen LogP contribution in [0.1, 0.15) is 38.2 Å². The van der Waals surface area contributed by atoms with E-state index < -0.39 is 0 Å². The number of aryl methyl sites for hydroxylation is 1. The molecule has 0 spiro atoms. The summed E-state index contributed by atoms with van der Waals surface area (Å²) in [5.41, 5.74) is 1.08. The number of carbonyl (C=O) groups excluding carboxylic acids is 1. The van der Waals surface area contributed by atoms with Gasteiger partial charge in [-0.25, -0.2) is 9.78 Å². The first-order valence-electron chi connectivity index (χ1n) is 7.79. The third-order valence-corrected chi connectivity index (χ3v) is 3.63. The van der Waals surface area contributed by atoms with E-state index in [1.807, 2.05) is 24.0 Å². The molecule has 5 heteroatoms. The van der Waals surface area contributed by atoms with Crippen LogP contribution in [0.3, 0.4) is 0 Å². The van der Waals surface area contributed by atoms with Gasteiger partial charge in [0.1, 0.15) is 5.82 Å². The molecule has 21 heavy (non-hydrogen) atoms. The lowest BCUT2D eigenvalue weighted by molar-refractivity contribution is 0.00161. The van der Waals surface area contributed by atoms with Crippen LogP contribution >= 0.6 is 0 Å². The fourth-order valence-corrected chi connectivity index (χ4v) is 2.54. The summed E-state index contributed by atoms with van der Waals surface area (Å²) in [6, 6.07) is 3.69. The van der Waals surface area contributed by atoms with E-state index in [-0.39, 0.29) is 12.1 Å². The highest BCUT2D eigenvalue weighted by Crippen LogP contribution is 2.15. The number of nitrogens with zero attached hydrogens (tertiary/aromatic N) is 2. The molecular weight excluding hydrogens is 266 g/mol. The van der Waals surface area contributed by atoms with Crippen LogP contribution in [-0.4, -0.2) is 41.7 Å². The fourth-order valence-electron chi connectivity index (χ4n) is 2.54. The van der Waals surface area contributed by atoms with Gasteiger partial charge in [0.25, 0.3) is 0 Å². The molecule has 1 aliphatic heterocycles. The molecule has 2 rings (SSSR count). The molecule has 0 aromatic carbocycles. The van der Waals surface area contributed by atoms with Crippen LogP contribution in [0.15, 0.2) is 18.3 Å². The van der Waals surface area contributed by atoms with Crippen molar-refractivity contribution in [2.45, 2.75) is 45.6 Å². The van der Waals surface area contributed by atoms with E-state index in [0.29, 0.717) is 12.4 Å². The summed E-state index contributed by atoms with van der Waals surface area (Å²) in [5.74, 6) is 0.602. The van der Waals surface area contributed by atoms with Crippen LogP contribution in [0.4, 0.5) is 10.6 Å². The molecule has 116 valence electrons. The van der Waals surface area contributed by atoms with Crippen LogP contribution in [0.25, 0.3) is 0 Å². The van der Waals surface area contributed by atoms with Gasteiger partial charge in [0, 0.05) is 25.9 Å². The summed E-state index contributed by atoms with van der Waals surface area (Å²) in [6.45, 7) is 6.26. The van der Waals surface area contributed by atoms with Gasteiger partial charge < -0.3 is 9.64 Å². The number of urea groups is 1. The molecule has 0 radical (unpaired) electrons. The van der Waals surface area contributed by atoms with Gasteiger partial charge in [-0.2, -0.15) is 0 Å². The van der Waals surface area contributed by atoms with E-state index in [4.69, 9.17) is 4.74 Å². The van der Waals surface area contributed by atoms with Crippen LogP contribution < -0.4 is 5.32 Å². The number of ether oxygens (including phenoxy) is 1. The second-order valence-corrected chi connectivity index (χ2v) is 5.58. The molecule has 0 bridgehead atoms. The molecule has 1 aromatic heterocycles. The molecule has 0 saturated carbocycles. The monoisotopic (exact) mass is 291 g/mol. The minimum atomic E-state index is -0.0934. The Morgan fingerprint density at radius 3 is 3.05 bits per heavy atom. The predicted molar refractivity (Wildman–Crippen MR) is 83.4 cm³/mol. The molecule has 2 heterocycles. The zero-order valence-electron chi connectivity index (χ0n) is 13.0. The molecule has 1 N–H and O–H groups in total. The molecule has 1 atom stereocenters. The van der Waals surface area contributed by atoms with Crippen molar-refractivity contribution in [3.05, 3.63) is 23.9 Å². The van der Waals surface area contributed by atoms with E-state index in [0.717, 1.165) is 38.0 Å². The van der Waals surface area contributed by atoms with Crippen molar-refractivity contribution in [1.29, 1.82) is 0 Å². The minimum absolute atomic E-state index is 0.0934. The molecule has 1 aromatic rings. The van der Waals surface area contributed by atoms with Gasteiger partial charge in [-0.05, 0) is 50.3 Å². The smallest absolute Gasteiger partial charge is 0.323 e. The van der Waals surface area contributed by atoms with Gasteiger partial charge >= 0.3 is 6.03 Å². The largest absolute Gasteiger partial charge is 0.376 e. The summed E-state index contributed by atoms with van der Waals surface area (Å²) in [4.78, 5) is 18.4. The lowest BCUT2D eigenvalue weighted by Crippen LogP contribution is -2.42. The maximum atomic E-state index is 12.4. The number of nitrogens with one attached hydrogen (secondary N) is 1. The maximum absolute atomic E-state index is 12.4. The van der Waals surface area contributed by atoms with Crippen molar-refractivity contribution in [2.75, 3.05) is 25.0 Å². The van der Waals surface area contributed by atoms with Gasteiger partial charge in [-0.3, -0.25) is 5.32 Å². The Hall–Kier alpha value is -1.62. The summed E-state index contributed by atoms with van der Waals surface area (Å²) in [6.07, 6.45) is 6.16. The number of carbonyl (C=O) groups is 1. The molecule has 2 amide bonds. The first-order valence-corrected chi connectivity index (χ1v) is 7.79. The Morgan fingerprint density at radius 1 is 1.52 bits per heavy atom.